The van der Waals surface area contributed by atoms with Crippen LogP contribution in [-0.4, -0.2) is 26.2 Å². The number of rotatable bonds is 17. The van der Waals surface area contributed by atoms with Crippen LogP contribution in [0.3, 0.4) is 0 Å². The van der Waals surface area contributed by atoms with Crippen LogP contribution in [0, 0.1) is 13.8 Å². The molecule has 0 amide bonds. The summed E-state index contributed by atoms with van der Waals surface area (Å²) in [7, 11) is 0. The van der Waals surface area contributed by atoms with Gasteiger partial charge >= 0.3 is 0 Å². The molecule has 224 valence electrons. The van der Waals surface area contributed by atoms with Crippen molar-refractivity contribution in [1.29, 1.82) is 0 Å². The molecule has 41 heavy (non-hydrogen) atoms. The third kappa shape index (κ3) is 8.91. The molecular weight excluding hydrogens is 543 g/mol. The molecule has 0 fully saturated rings. The van der Waals surface area contributed by atoms with Crippen LogP contribution in [0.1, 0.15) is 113 Å². The molecule has 2 nitrogen and oxygen atoms in total. The van der Waals surface area contributed by atoms with Crippen molar-refractivity contribution in [1.82, 2.24) is 0 Å². The lowest BCUT2D eigenvalue weighted by Gasteiger charge is -2.29. The Morgan fingerprint density at radius 2 is 0.927 bits per heavy atom. The fraction of sp³-hybridized carbons (Fsp3) is 0.514. The molecule has 0 aromatic heterocycles. The van der Waals surface area contributed by atoms with Gasteiger partial charge in [-0.25, -0.2) is 0 Å². The Morgan fingerprint density at radius 3 is 1.24 bits per heavy atom. The van der Waals surface area contributed by atoms with Crippen molar-refractivity contribution in [2.45, 2.75) is 98.8 Å². The van der Waals surface area contributed by atoms with E-state index in [1.807, 2.05) is 18.2 Å². The number of hydrogen-bond donors (Lipinski definition) is 0. The maximum absolute atomic E-state index is 6.89. The van der Waals surface area contributed by atoms with E-state index in [4.69, 9.17) is 23.2 Å². The maximum atomic E-state index is 6.89. The Morgan fingerprint density at radius 1 is 0.561 bits per heavy atom. The average Bonchev–Trinajstić information content (AvgIpc) is 2.96. The van der Waals surface area contributed by atoms with Gasteiger partial charge in [-0.3, -0.25) is 0 Å². The average molecular weight is 596 g/mol. The van der Waals surface area contributed by atoms with Crippen molar-refractivity contribution in [2.75, 3.05) is 36.0 Å². The summed E-state index contributed by atoms with van der Waals surface area (Å²) in [4.78, 5) is 5.15. The van der Waals surface area contributed by atoms with E-state index in [9.17, 15) is 0 Å². The molecule has 0 aliphatic rings. The molecule has 0 radical (unpaired) electrons. The molecule has 0 N–H and O–H groups in total. The highest BCUT2D eigenvalue weighted by molar-refractivity contribution is 6.36. The number of aryl methyl sites for hydroxylation is 2. The lowest BCUT2D eigenvalue weighted by Crippen LogP contribution is -2.26. The molecule has 0 aliphatic heterocycles. The molecule has 0 saturated heterocycles. The minimum Gasteiger partial charge on any atom is -0.371 e. The van der Waals surface area contributed by atoms with Gasteiger partial charge in [0.25, 0.3) is 0 Å². The number of halogens is 2. The second kappa shape index (κ2) is 17.1. The monoisotopic (exact) mass is 594 g/mol. The normalized spacial score (nSPS) is 11.3. The third-order valence-corrected chi connectivity index (χ3v) is 8.86. The Balaban J connectivity index is 2.09. The largest absolute Gasteiger partial charge is 0.371 e. The summed E-state index contributed by atoms with van der Waals surface area (Å²) in [6, 6.07) is 19.8. The van der Waals surface area contributed by atoms with E-state index in [1.165, 1.54) is 85.0 Å². The molecule has 0 unspecified atom stereocenters. The molecule has 0 heterocycles. The second-order valence-electron chi connectivity index (χ2n) is 11.5. The van der Waals surface area contributed by atoms with E-state index in [0.29, 0.717) is 10.0 Å². The van der Waals surface area contributed by atoms with Crippen LogP contribution in [0.15, 0.2) is 54.6 Å². The lowest BCUT2D eigenvalue weighted by atomic mass is 9.83. The van der Waals surface area contributed by atoms with Crippen LogP contribution >= 0.6 is 23.2 Å². The summed E-state index contributed by atoms with van der Waals surface area (Å²) in [6.45, 7) is 18.0. The van der Waals surface area contributed by atoms with E-state index < -0.39 is 0 Å². The number of hydrogen-bond acceptors (Lipinski definition) is 2. The van der Waals surface area contributed by atoms with Crippen LogP contribution in [0.5, 0.6) is 0 Å². The Hall–Kier alpha value is -2.16. The Kier molecular flexibility index (Phi) is 13.9. The van der Waals surface area contributed by atoms with Gasteiger partial charge in [0.05, 0.1) is 0 Å². The number of nitrogens with zero attached hydrogens (tertiary/aromatic N) is 2. The molecule has 3 aromatic rings. The van der Waals surface area contributed by atoms with E-state index in [1.54, 1.807) is 0 Å². The number of unbranched alkanes of at least 4 members (excludes halogenated alkanes) is 4. The molecule has 0 aliphatic carbocycles. The van der Waals surface area contributed by atoms with Crippen LogP contribution < -0.4 is 9.80 Å². The van der Waals surface area contributed by atoms with Crippen LogP contribution in [0.2, 0.25) is 10.0 Å². The zero-order chi connectivity index (χ0) is 29.8. The lowest BCUT2D eigenvalue weighted by molar-refractivity contribution is 0.676. The van der Waals surface area contributed by atoms with Gasteiger partial charge in [-0.1, -0.05) is 107 Å². The molecule has 0 spiro atoms. The fourth-order valence-corrected chi connectivity index (χ4v) is 6.46. The molecule has 0 saturated carbocycles. The van der Waals surface area contributed by atoms with Crippen molar-refractivity contribution >= 4 is 34.6 Å². The second-order valence-corrected chi connectivity index (χ2v) is 12.4. The van der Waals surface area contributed by atoms with Gasteiger partial charge in [0.15, 0.2) is 0 Å². The molecular formula is C37H52Cl2N2. The Labute approximate surface area is 261 Å². The highest BCUT2D eigenvalue weighted by Gasteiger charge is 2.24. The first-order chi connectivity index (χ1) is 19.9. The first-order valence-electron chi connectivity index (χ1n) is 16.0. The predicted molar refractivity (Wildman–Crippen MR) is 184 cm³/mol. The highest BCUT2D eigenvalue weighted by Crippen LogP contribution is 2.42. The van der Waals surface area contributed by atoms with Crippen LogP contribution in [-0.2, 0) is 0 Å². The van der Waals surface area contributed by atoms with Crippen molar-refractivity contribution in [2.24, 2.45) is 0 Å². The highest BCUT2D eigenvalue weighted by atomic mass is 35.5. The van der Waals surface area contributed by atoms with Crippen molar-refractivity contribution in [3.63, 3.8) is 0 Å². The number of benzene rings is 3. The van der Waals surface area contributed by atoms with E-state index in [-0.39, 0.29) is 5.92 Å². The standard InChI is InChI=1S/C37H52Cl2N2/c1-7-11-22-40(23-12-8-2)34-20-18-30(26-28(34)5)36(37-32(38)16-15-17-33(37)39)31-19-21-35(29(6)27-31)41(24-13-9-3)25-14-10-4/h15-21,26-27,36H,7-14,22-25H2,1-6H3. The minimum absolute atomic E-state index is 0.0452. The van der Waals surface area contributed by atoms with Crippen LogP contribution in [0.4, 0.5) is 11.4 Å². The maximum Gasteiger partial charge on any atom is 0.0462 e. The summed E-state index contributed by atoms with van der Waals surface area (Å²) in [5.41, 5.74) is 8.74. The molecule has 3 aromatic carbocycles. The van der Waals surface area contributed by atoms with Crippen LogP contribution in [0.25, 0.3) is 0 Å². The third-order valence-electron chi connectivity index (χ3n) is 8.20. The van der Waals surface area contributed by atoms with E-state index in [2.05, 4.69) is 87.7 Å². The molecule has 3 rings (SSSR count). The summed E-state index contributed by atoms with van der Waals surface area (Å²) in [5, 5.41) is 1.43. The van der Waals surface area contributed by atoms with Crippen molar-refractivity contribution < 1.29 is 0 Å². The number of anilines is 2. The SMILES string of the molecule is CCCCN(CCCC)c1ccc(C(c2ccc(N(CCCC)CCCC)c(C)c2)c2c(Cl)cccc2Cl)cc1C. The summed E-state index contributed by atoms with van der Waals surface area (Å²) in [6.07, 6.45) is 9.66. The van der Waals surface area contributed by atoms with Gasteiger partial charge in [0, 0.05) is 59.1 Å². The van der Waals surface area contributed by atoms with Gasteiger partial charge in [-0.05, 0) is 86.1 Å². The van der Waals surface area contributed by atoms with Gasteiger partial charge in [-0.15, -0.1) is 0 Å². The van der Waals surface area contributed by atoms with Gasteiger partial charge in [-0.2, -0.15) is 0 Å². The molecule has 0 bridgehead atoms. The van der Waals surface area contributed by atoms with Crippen molar-refractivity contribution in [3.8, 4) is 0 Å². The first-order valence-corrected chi connectivity index (χ1v) is 16.8. The van der Waals surface area contributed by atoms with Gasteiger partial charge in [0.2, 0.25) is 0 Å². The Bertz CT molecular complexity index is 1120. The summed E-state index contributed by atoms with van der Waals surface area (Å²) >= 11 is 13.8. The molecule has 0 atom stereocenters. The summed E-state index contributed by atoms with van der Waals surface area (Å²) < 4.78 is 0. The quantitative estimate of drug-likeness (QED) is 0.143. The molecule has 4 heteroatoms. The topological polar surface area (TPSA) is 6.48 Å². The first kappa shape index (κ1) is 33.3. The van der Waals surface area contributed by atoms with E-state index in [0.717, 1.165) is 31.7 Å². The predicted octanol–water partition coefficient (Wildman–Crippen LogP) is 11.6. The zero-order valence-corrected chi connectivity index (χ0v) is 27.9. The van der Waals surface area contributed by atoms with E-state index >= 15 is 0 Å². The smallest absolute Gasteiger partial charge is 0.0462 e. The minimum atomic E-state index is -0.0452. The van der Waals surface area contributed by atoms with Gasteiger partial charge in [0.1, 0.15) is 0 Å². The van der Waals surface area contributed by atoms with Crippen molar-refractivity contribution in [3.05, 3.63) is 92.5 Å². The van der Waals surface area contributed by atoms with Gasteiger partial charge < -0.3 is 9.80 Å². The summed E-state index contributed by atoms with van der Waals surface area (Å²) in [5.74, 6) is -0.0452. The zero-order valence-electron chi connectivity index (χ0n) is 26.4. The fourth-order valence-electron chi connectivity index (χ4n) is 5.84.